The number of esters is 1. The molecule has 0 aromatic rings. The maximum atomic E-state index is 12.2. The number of alkyl halides is 3. The fourth-order valence-electron chi connectivity index (χ4n) is 2.03. The average Bonchev–Trinajstić information content (AvgIpc) is 2.63. The van der Waals surface area contributed by atoms with Gasteiger partial charge in [0.1, 0.15) is 12.6 Å². The van der Waals surface area contributed by atoms with Crippen LogP contribution in [0.5, 0.6) is 0 Å². The number of carbonyl (C=O) groups excluding carboxylic acids is 2. The minimum absolute atomic E-state index is 0.0381. The Morgan fingerprint density at radius 3 is 2.68 bits per heavy atom. The number of amides is 1. The Hall–Kier alpha value is -1.31. The number of nitrogens with one attached hydrogen (secondary N) is 1. The number of hydrogen-bond acceptors (Lipinski definition) is 4. The molecule has 0 spiro atoms. The van der Waals surface area contributed by atoms with E-state index in [0.29, 0.717) is 6.42 Å². The number of methoxy groups -OCH3 is 1. The third-order valence-electron chi connectivity index (χ3n) is 2.92. The summed E-state index contributed by atoms with van der Waals surface area (Å²) in [7, 11) is 1.24. The fourth-order valence-corrected chi connectivity index (χ4v) is 2.03. The molecule has 1 amide bonds. The second kappa shape index (κ2) is 6.23. The van der Waals surface area contributed by atoms with Gasteiger partial charge in [-0.15, -0.1) is 0 Å². The summed E-state index contributed by atoms with van der Waals surface area (Å²) < 4.78 is 41.3. The molecule has 8 heteroatoms. The van der Waals surface area contributed by atoms with Gasteiger partial charge in [-0.25, -0.2) is 0 Å². The summed E-state index contributed by atoms with van der Waals surface area (Å²) in [5.41, 5.74) is 0. The third-order valence-corrected chi connectivity index (χ3v) is 2.92. The van der Waals surface area contributed by atoms with Crippen molar-refractivity contribution in [1.82, 2.24) is 10.2 Å². The molecule has 110 valence electrons. The van der Waals surface area contributed by atoms with Gasteiger partial charge in [0.05, 0.1) is 7.11 Å². The van der Waals surface area contributed by atoms with E-state index in [1.54, 1.807) is 6.92 Å². The molecule has 0 unspecified atom stereocenters. The molecular formula is C11H17F3N2O3. The van der Waals surface area contributed by atoms with Crippen LogP contribution in [0.1, 0.15) is 19.8 Å². The van der Waals surface area contributed by atoms with E-state index in [-0.39, 0.29) is 13.0 Å². The van der Waals surface area contributed by atoms with Crippen molar-refractivity contribution < 1.29 is 27.5 Å². The van der Waals surface area contributed by atoms with Gasteiger partial charge in [-0.3, -0.25) is 14.9 Å². The summed E-state index contributed by atoms with van der Waals surface area (Å²) in [6.07, 6.45) is -4.00. The highest BCUT2D eigenvalue weighted by Crippen LogP contribution is 2.21. The Bertz CT molecular complexity index is 347. The summed E-state index contributed by atoms with van der Waals surface area (Å²) in [4.78, 5) is 23.6. The van der Waals surface area contributed by atoms with Gasteiger partial charge in [0.2, 0.25) is 5.91 Å². The largest absolute Gasteiger partial charge is 0.468 e. The van der Waals surface area contributed by atoms with E-state index in [2.05, 4.69) is 10.1 Å². The number of ether oxygens (including phenoxy) is 1. The fraction of sp³-hybridized carbons (Fsp3) is 0.818. The zero-order chi connectivity index (χ0) is 14.6. The minimum atomic E-state index is -4.41. The highest BCUT2D eigenvalue weighted by atomic mass is 19.4. The highest BCUT2D eigenvalue weighted by molar-refractivity contribution is 5.80. The third kappa shape index (κ3) is 4.70. The van der Waals surface area contributed by atoms with Crippen molar-refractivity contribution in [1.29, 1.82) is 0 Å². The molecule has 0 aromatic carbocycles. The molecule has 0 aromatic heterocycles. The Labute approximate surface area is 109 Å². The Kier molecular flexibility index (Phi) is 5.16. The topological polar surface area (TPSA) is 58.6 Å². The lowest BCUT2D eigenvalue weighted by Crippen LogP contribution is -2.45. The normalized spacial score (nSPS) is 21.6. The maximum Gasteiger partial charge on any atom is 0.406 e. The summed E-state index contributed by atoms with van der Waals surface area (Å²) in [6, 6.07) is -1.06. The summed E-state index contributed by atoms with van der Waals surface area (Å²) in [5, 5.41) is 2.86. The first-order valence-electron chi connectivity index (χ1n) is 5.95. The van der Waals surface area contributed by atoms with Crippen molar-refractivity contribution >= 4 is 11.9 Å². The van der Waals surface area contributed by atoms with Gasteiger partial charge >= 0.3 is 12.1 Å². The van der Waals surface area contributed by atoms with E-state index in [9.17, 15) is 22.8 Å². The van der Waals surface area contributed by atoms with Crippen molar-refractivity contribution in [2.75, 3.05) is 20.2 Å². The quantitative estimate of drug-likeness (QED) is 0.754. The molecule has 19 heavy (non-hydrogen) atoms. The zero-order valence-electron chi connectivity index (χ0n) is 10.8. The first kappa shape index (κ1) is 15.7. The molecule has 1 heterocycles. The predicted molar refractivity (Wildman–Crippen MR) is 60.3 cm³/mol. The van der Waals surface area contributed by atoms with E-state index in [1.165, 1.54) is 7.11 Å². The van der Waals surface area contributed by atoms with E-state index in [4.69, 9.17) is 0 Å². The lowest BCUT2D eigenvalue weighted by Gasteiger charge is -2.21. The molecule has 2 atom stereocenters. The number of nitrogens with zero attached hydrogens (tertiary/aromatic N) is 1. The number of halogens is 3. The Balaban J connectivity index is 2.54. The van der Waals surface area contributed by atoms with Crippen LogP contribution in [-0.4, -0.2) is 55.2 Å². The SMILES string of the molecule is CC[C@H](N[C@H]1CC(=O)N(CC(F)(F)F)C1)C(=O)OC. The Morgan fingerprint density at radius 2 is 2.21 bits per heavy atom. The first-order chi connectivity index (χ1) is 8.76. The van der Waals surface area contributed by atoms with Crippen molar-refractivity contribution in [3.05, 3.63) is 0 Å². The van der Waals surface area contributed by atoms with Crippen molar-refractivity contribution in [3.8, 4) is 0 Å². The van der Waals surface area contributed by atoms with Crippen LogP contribution in [-0.2, 0) is 14.3 Å². The smallest absolute Gasteiger partial charge is 0.406 e. The lowest BCUT2D eigenvalue weighted by atomic mass is 10.1. The number of carbonyl (C=O) groups is 2. The average molecular weight is 282 g/mol. The second-order valence-corrected chi connectivity index (χ2v) is 4.44. The van der Waals surface area contributed by atoms with Crippen molar-refractivity contribution in [3.63, 3.8) is 0 Å². The van der Waals surface area contributed by atoms with Crippen LogP contribution in [0.25, 0.3) is 0 Å². The molecule has 1 N–H and O–H groups in total. The van der Waals surface area contributed by atoms with Gasteiger partial charge in [-0.1, -0.05) is 6.92 Å². The van der Waals surface area contributed by atoms with Crippen molar-refractivity contribution in [2.45, 2.75) is 38.0 Å². The van der Waals surface area contributed by atoms with Crippen LogP contribution in [0, 0.1) is 0 Å². The maximum absolute atomic E-state index is 12.2. The number of likely N-dealkylation sites (tertiary alicyclic amines) is 1. The first-order valence-corrected chi connectivity index (χ1v) is 5.95. The van der Waals surface area contributed by atoms with E-state index >= 15 is 0 Å². The molecule has 0 aliphatic carbocycles. The summed E-state index contributed by atoms with van der Waals surface area (Å²) >= 11 is 0. The Morgan fingerprint density at radius 1 is 1.58 bits per heavy atom. The molecule has 0 saturated carbocycles. The summed E-state index contributed by atoms with van der Waals surface area (Å²) in [6.45, 7) is 0.448. The van der Waals surface area contributed by atoms with Crippen LogP contribution in [0.15, 0.2) is 0 Å². The molecule has 1 fully saturated rings. The van der Waals surface area contributed by atoms with E-state index < -0.39 is 36.7 Å². The molecule has 1 aliphatic rings. The monoisotopic (exact) mass is 282 g/mol. The van der Waals surface area contributed by atoms with Crippen LogP contribution in [0.2, 0.25) is 0 Å². The lowest BCUT2D eigenvalue weighted by molar-refractivity contribution is -0.157. The van der Waals surface area contributed by atoms with Crippen LogP contribution in [0.3, 0.4) is 0 Å². The number of hydrogen-bond donors (Lipinski definition) is 1. The molecule has 1 saturated heterocycles. The molecular weight excluding hydrogens is 265 g/mol. The number of rotatable bonds is 5. The zero-order valence-corrected chi connectivity index (χ0v) is 10.8. The van der Waals surface area contributed by atoms with Crippen LogP contribution in [0.4, 0.5) is 13.2 Å². The van der Waals surface area contributed by atoms with E-state index in [0.717, 1.165) is 4.90 Å². The van der Waals surface area contributed by atoms with Gasteiger partial charge in [-0.2, -0.15) is 13.2 Å². The van der Waals surface area contributed by atoms with Crippen molar-refractivity contribution in [2.24, 2.45) is 0 Å². The van der Waals surface area contributed by atoms with Gasteiger partial charge in [0.15, 0.2) is 0 Å². The minimum Gasteiger partial charge on any atom is -0.468 e. The molecule has 0 bridgehead atoms. The molecule has 1 aliphatic heterocycles. The van der Waals surface area contributed by atoms with Crippen LogP contribution >= 0.6 is 0 Å². The standard InChI is InChI=1S/C11H17F3N2O3/c1-3-8(10(18)19-2)15-7-4-9(17)16(5-7)6-11(12,13)14/h7-8,15H,3-6H2,1-2H3/t7-,8-/m0/s1. The van der Waals surface area contributed by atoms with Gasteiger partial charge in [-0.05, 0) is 6.42 Å². The van der Waals surface area contributed by atoms with Gasteiger partial charge < -0.3 is 9.64 Å². The molecule has 0 radical (unpaired) electrons. The second-order valence-electron chi connectivity index (χ2n) is 4.44. The predicted octanol–water partition coefficient (Wildman–Crippen LogP) is 0.691. The summed E-state index contributed by atoms with van der Waals surface area (Å²) in [5.74, 6) is -1.04. The molecule has 1 rings (SSSR count). The molecule has 5 nitrogen and oxygen atoms in total. The van der Waals surface area contributed by atoms with Gasteiger partial charge in [0.25, 0.3) is 0 Å². The van der Waals surface area contributed by atoms with E-state index in [1.807, 2.05) is 0 Å². The van der Waals surface area contributed by atoms with Gasteiger partial charge in [0, 0.05) is 19.0 Å². The van der Waals surface area contributed by atoms with Crippen LogP contribution < -0.4 is 5.32 Å². The highest BCUT2D eigenvalue weighted by Gasteiger charge is 2.39.